The molecule has 0 aliphatic carbocycles. The number of rotatable bonds is 3. The Kier molecular flexibility index (Phi) is 3.77. The number of phenolic OH excluding ortho intramolecular Hbond substituents is 1. The number of aryl methyl sites for hydroxylation is 1. The molecule has 0 unspecified atom stereocenters. The number of benzene rings is 2. The predicted molar refractivity (Wildman–Crippen MR) is 87.0 cm³/mol. The lowest BCUT2D eigenvalue weighted by atomic mass is 10.1. The zero-order chi connectivity index (χ0) is 15.7. The molecule has 5 heteroatoms. The van der Waals surface area contributed by atoms with Gasteiger partial charge in [0.25, 0.3) is 0 Å². The number of phenols is 1. The Morgan fingerprint density at radius 3 is 2.73 bits per heavy atom. The van der Waals surface area contributed by atoms with Gasteiger partial charge in [-0.3, -0.25) is 0 Å². The average molecular weight is 315 g/mol. The van der Waals surface area contributed by atoms with Gasteiger partial charge in [-0.25, -0.2) is 4.68 Å². The summed E-state index contributed by atoms with van der Waals surface area (Å²) in [5, 5.41) is 15.0. The summed E-state index contributed by atoms with van der Waals surface area (Å²) in [4.78, 5) is 0. The summed E-state index contributed by atoms with van der Waals surface area (Å²) < 4.78 is 6.96. The predicted octanol–water partition coefficient (Wildman–Crippen LogP) is 4.22. The Morgan fingerprint density at radius 2 is 2.00 bits per heavy atom. The number of aromatic nitrogens is 2. The number of hydrogen-bond donors (Lipinski definition) is 1. The largest absolute Gasteiger partial charge is 0.504 e. The number of ether oxygens (including phenoxy) is 1. The summed E-state index contributed by atoms with van der Waals surface area (Å²) in [5.41, 5.74) is 3.51. The van der Waals surface area contributed by atoms with Gasteiger partial charge in [0.2, 0.25) is 0 Å². The quantitative estimate of drug-likeness (QED) is 0.787. The van der Waals surface area contributed by atoms with Gasteiger partial charge in [-0.2, -0.15) is 5.10 Å². The van der Waals surface area contributed by atoms with Crippen molar-refractivity contribution in [3.05, 3.63) is 59.4 Å². The van der Waals surface area contributed by atoms with Gasteiger partial charge in [0.1, 0.15) is 0 Å². The highest BCUT2D eigenvalue weighted by Gasteiger charge is 2.10. The Labute approximate surface area is 133 Å². The molecule has 1 heterocycles. The lowest BCUT2D eigenvalue weighted by molar-refractivity contribution is 0.372. The van der Waals surface area contributed by atoms with Crippen molar-refractivity contribution in [1.82, 2.24) is 9.78 Å². The minimum Gasteiger partial charge on any atom is -0.504 e. The highest BCUT2D eigenvalue weighted by atomic mass is 35.5. The van der Waals surface area contributed by atoms with Crippen LogP contribution in [0.2, 0.25) is 5.02 Å². The van der Waals surface area contributed by atoms with E-state index in [4.69, 9.17) is 16.3 Å². The van der Waals surface area contributed by atoms with Gasteiger partial charge < -0.3 is 9.84 Å². The third kappa shape index (κ3) is 2.65. The van der Waals surface area contributed by atoms with Crippen LogP contribution < -0.4 is 4.74 Å². The van der Waals surface area contributed by atoms with E-state index < -0.39 is 0 Å². The fourth-order valence-corrected chi connectivity index (χ4v) is 2.49. The minimum absolute atomic E-state index is 0.161. The molecule has 22 heavy (non-hydrogen) atoms. The number of hydrogen-bond acceptors (Lipinski definition) is 3. The van der Waals surface area contributed by atoms with Gasteiger partial charge in [0, 0.05) is 16.8 Å². The maximum Gasteiger partial charge on any atom is 0.161 e. The summed E-state index contributed by atoms with van der Waals surface area (Å²) in [6.07, 6.45) is 3.68. The van der Waals surface area contributed by atoms with Crippen molar-refractivity contribution in [2.45, 2.75) is 6.92 Å². The van der Waals surface area contributed by atoms with Crippen molar-refractivity contribution in [3.8, 4) is 28.3 Å². The van der Waals surface area contributed by atoms with Crippen molar-refractivity contribution in [3.63, 3.8) is 0 Å². The second-order valence-electron chi connectivity index (χ2n) is 5.00. The smallest absolute Gasteiger partial charge is 0.161 e. The van der Waals surface area contributed by atoms with E-state index in [1.165, 1.54) is 7.11 Å². The SMILES string of the molecule is COc1cc(-c2cnn(-c3cccc(Cl)c3)c2)cc(C)c1O. The third-order valence-corrected chi connectivity index (χ3v) is 3.71. The fraction of sp³-hybridized carbons (Fsp3) is 0.118. The summed E-state index contributed by atoms with van der Waals surface area (Å²) >= 11 is 6.01. The molecule has 0 bridgehead atoms. The maximum absolute atomic E-state index is 9.92. The first-order chi connectivity index (χ1) is 10.6. The van der Waals surface area contributed by atoms with Crippen LogP contribution in [0.5, 0.6) is 11.5 Å². The molecule has 0 atom stereocenters. The highest BCUT2D eigenvalue weighted by Crippen LogP contribution is 2.35. The van der Waals surface area contributed by atoms with E-state index in [9.17, 15) is 5.11 Å². The van der Waals surface area contributed by atoms with Crippen LogP contribution in [0.25, 0.3) is 16.8 Å². The van der Waals surface area contributed by atoms with Crippen molar-refractivity contribution in [2.24, 2.45) is 0 Å². The molecule has 1 aromatic heterocycles. The number of halogens is 1. The fourth-order valence-electron chi connectivity index (χ4n) is 2.30. The van der Waals surface area contributed by atoms with Crippen LogP contribution in [0.4, 0.5) is 0 Å². The summed E-state index contributed by atoms with van der Waals surface area (Å²) in [6.45, 7) is 1.84. The van der Waals surface area contributed by atoms with Crippen molar-refractivity contribution in [1.29, 1.82) is 0 Å². The first-order valence-corrected chi connectivity index (χ1v) is 7.15. The van der Waals surface area contributed by atoms with Gasteiger partial charge in [-0.1, -0.05) is 17.7 Å². The average Bonchev–Trinajstić information content (AvgIpc) is 3.00. The van der Waals surface area contributed by atoms with Crippen molar-refractivity contribution >= 4 is 11.6 Å². The molecule has 0 fully saturated rings. The first kappa shape index (κ1) is 14.5. The maximum atomic E-state index is 9.92. The molecule has 0 amide bonds. The third-order valence-electron chi connectivity index (χ3n) is 3.47. The molecular formula is C17H15ClN2O2. The van der Waals surface area contributed by atoms with Gasteiger partial charge in [-0.15, -0.1) is 0 Å². The topological polar surface area (TPSA) is 47.3 Å². The second kappa shape index (κ2) is 5.73. The van der Waals surface area contributed by atoms with Gasteiger partial charge in [0.05, 0.1) is 19.0 Å². The lowest BCUT2D eigenvalue weighted by Crippen LogP contribution is -1.93. The number of aromatic hydroxyl groups is 1. The molecule has 2 aromatic carbocycles. The van der Waals surface area contributed by atoms with E-state index >= 15 is 0 Å². The Bertz CT molecular complexity index is 827. The molecule has 0 saturated carbocycles. The Balaban J connectivity index is 2.02. The molecule has 0 saturated heterocycles. The highest BCUT2D eigenvalue weighted by molar-refractivity contribution is 6.30. The van der Waals surface area contributed by atoms with Crippen LogP contribution in [0, 0.1) is 6.92 Å². The van der Waals surface area contributed by atoms with Crippen molar-refractivity contribution in [2.75, 3.05) is 7.11 Å². The molecular weight excluding hydrogens is 300 g/mol. The summed E-state index contributed by atoms with van der Waals surface area (Å²) in [5.74, 6) is 0.610. The van der Waals surface area contributed by atoms with Crippen LogP contribution in [-0.2, 0) is 0 Å². The van der Waals surface area contributed by atoms with Crippen LogP contribution in [-0.4, -0.2) is 22.0 Å². The van der Waals surface area contributed by atoms with E-state index in [2.05, 4.69) is 5.10 Å². The van der Waals surface area contributed by atoms with Crippen LogP contribution in [0.1, 0.15) is 5.56 Å². The molecule has 0 aliphatic rings. The van der Waals surface area contributed by atoms with Crippen LogP contribution in [0.15, 0.2) is 48.8 Å². The monoisotopic (exact) mass is 314 g/mol. The Morgan fingerprint density at radius 1 is 1.18 bits per heavy atom. The number of methoxy groups -OCH3 is 1. The first-order valence-electron chi connectivity index (χ1n) is 6.77. The molecule has 3 rings (SSSR count). The minimum atomic E-state index is 0.161. The van der Waals surface area contributed by atoms with Gasteiger partial charge in [-0.05, 0) is 48.4 Å². The van der Waals surface area contributed by atoms with E-state index in [1.807, 2.05) is 43.5 Å². The molecule has 0 radical (unpaired) electrons. The molecule has 1 N–H and O–H groups in total. The van der Waals surface area contributed by atoms with Gasteiger partial charge >= 0.3 is 0 Å². The van der Waals surface area contributed by atoms with E-state index in [1.54, 1.807) is 16.9 Å². The number of nitrogens with zero attached hydrogens (tertiary/aromatic N) is 2. The van der Waals surface area contributed by atoms with Crippen LogP contribution in [0.3, 0.4) is 0 Å². The Hall–Kier alpha value is -2.46. The molecule has 112 valence electrons. The molecule has 3 aromatic rings. The van der Waals surface area contributed by atoms with E-state index in [-0.39, 0.29) is 5.75 Å². The summed E-state index contributed by atoms with van der Waals surface area (Å²) in [7, 11) is 1.54. The molecule has 4 nitrogen and oxygen atoms in total. The van der Waals surface area contributed by atoms with Crippen molar-refractivity contribution < 1.29 is 9.84 Å². The second-order valence-corrected chi connectivity index (χ2v) is 5.43. The van der Waals surface area contributed by atoms with Crippen LogP contribution >= 0.6 is 11.6 Å². The van der Waals surface area contributed by atoms with Gasteiger partial charge in [0.15, 0.2) is 11.5 Å². The van der Waals surface area contributed by atoms with E-state index in [0.29, 0.717) is 10.8 Å². The van der Waals surface area contributed by atoms with E-state index in [0.717, 1.165) is 22.4 Å². The zero-order valence-corrected chi connectivity index (χ0v) is 13.0. The normalized spacial score (nSPS) is 10.7. The summed E-state index contributed by atoms with van der Waals surface area (Å²) in [6, 6.07) is 11.2. The molecule has 0 spiro atoms. The molecule has 0 aliphatic heterocycles. The standard InChI is InChI=1S/C17H15ClN2O2/c1-11-6-12(7-16(22-2)17(11)21)13-9-19-20(10-13)15-5-3-4-14(18)8-15/h3-10,21H,1-2H3. The zero-order valence-electron chi connectivity index (χ0n) is 12.2. The lowest BCUT2D eigenvalue weighted by Gasteiger charge is -2.08.